The quantitative estimate of drug-likeness (QED) is 0.789. The van der Waals surface area contributed by atoms with Gasteiger partial charge in [-0.1, -0.05) is 0 Å². The van der Waals surface area contributed by atoms with Gasteiger partial charge in [0.1, 0.15) is 0 Å². The standard InChI is InChI=1S/C16H24N4O2/c1-19(2)14-8-6-13(7-9-14)18-16(22)17-10-4-12-20-11-3-5-15(20)21/h6-9H,3-5,10-12H2,1-2H3,(H2,17,18,22). The second-order valence-electron chi connectivity index (χ2n) is 5.66. The van der Waals surface area contributed by atoms with E-state index >= 15 is 0 Å². The summed E-state index contributed by atoms with van der Waals surface area (Å²) in [6, 6.07) is 7.43. The molecule has 1 aromatic rings. The Labute approximate surface area is 131 Å². The van der Waals surface area contributed by atoms with Crippen LogP contribution in [0.3, 0.4) is 0 Å². The number of benzene rings is 1. The summed E-state index contributed by atoms with van der Waals surface area (Å²) in [4.78, 5) is 27.1. The zero-order valence-corrected chi connectivity index (χ0v) is 13.3. The van der Waals surface area contributed by atoms with E-state index in [9.17, 15) is 9.59 Å². The van der Waals surface area contributed by atoms with E-state index in [0.29, 0.717) is 13.0 Å². The molecule has 0 aromatic heterocycles. The van der Waals surface area contributed by atoms with E-state index in [4.69, 9.17) is 0 Å². The van der Waals surface area contributed by atoms with E-state index in [0.717, 1.165) is 37.3 Å². The lowest BCUT2D eigenvalue weighted by Gasteiger charge is -2.15. The molecule has 1 saturated heterocycles. The molecule has 0 aliphatic carbocycles. The van der Waals surface area contributed by atoms with Crippen LogP contribution >= 0.6 is 0 Å². The van der Waals surface area contributed by atoms with Gasteiger partial charge in [-0.05, 0) is 37.1 Å². The Balaban J connectivity index is 1.66. The van der Waals surface area contributed by atoms with Gasteiger partial charge in [0.05, 0.1) is 0 Å². The fraction of sp³-hybridized carbons (Fsp3) is 0.500. The Hall–Kier alpha value is -2.24. The number of anilines is 2. The van der Waals surface area contributed by atoms with Gasteiger partial charge in [-0.15, -0.1) is 0 Å². The molecule has 0 unspecified atom stereocenters. The smallest absolute Gasteiger partial charge is 0.319 e. The molecule has 1 aliphatic rings. The minimum Gasteiger partial charge on any atom is -0.378 e. The van der Waals surface area contributed by atoms with Gasteiger partial charge in [0.25, 0.3) is 0 Å². The summed E-state index contributed by atoms with van der Waals surface area (Å²) >= 11 is 0. The van der Waals surface area contributed by atoms with Crippen molar-refractivity contribution in [1.82, 2.24) is 10.2 Å². The highest BCUT2D eigenvalue weighted by Gasteiger charge is 2.18. The SMILES string of the molecule is CN(C)c1ccc(NC(=O)NCCCN2CCCC2=O)cc1. The summed E-state index contributed by atoms with van der Waals surface area (Å²) in [6.45, 7) is 2.13. The highest BCUT2D eigenvalue weighted by atomic mass is 16.2. The summed E-state index contributed by atoms with van der Waals surface area (Å²) in [5.74, 6) is 0.227. The lowest BCUT2D eigenvalue weighted by molar-refractivity contribution is -0.127. The first-order valence-electron chi connectivity index (χ1n) is 7.66. The van der Waals surface area contributed by atoms with Gasteiger partial charge in [0, 0.05) is 51.5 Å². The normalized spacial score (nSPS) is 14.1. The molecule has 0 saturated carbocycles. The largest absolute Gasteiger partial charge is 0.378 e. The number of urea groups is 1. The lowest BCUT2D eigenvalue weighted by Crippen LogP contribution is -2.33. The number of nitrogens with zero attached hydrogens (tertiary/aromatic N) is 2. The van der Waals surface area contributed by atoms with Gasteiger partial charge >= 0.3 is 6.03 Å². The van der Waals surface area contributed by atoms with Crippen molar-refractivity contribution in [3.8, 4) is 0 Å². The van der Waals surface area contributed by atoms with E-state index in [1.807, 2.05) is 48.2 Å². The summed E-state index contributed by atoms with van der Waals surface area (Å²) in [7, 11) is 3.94. The van der Waals surface area contributed by atoms with Gasteiger partial charge in [-0.3, -0.25) is 4.79 Å². The van der Waals surface area contributed by atoms with E-state index in [-0.39, 0.29) is 11.9 Å². The minimum atomic E-state index is -0.217. The van der Waals surface area contributed by atoms with E-state index in [1.165, 1.54) is 0 Å². The van der Waals surface area contributed by atoms with Crippen LogP contribution in [0, 0.1) is 0 Å². The molecule has 22 heavy (non-hydrogen) atoms. The van der Waals surface area contributed by atoms with Crippen molar-refractivity contribution < 1.29 is 9.59 Å². The molecule has 1 aromatic carbocycles. The van der Waals surface area contributed by atoms with Crippen molar-refractivity contribution in [2.75, 3.05) is 43.9 Å². The highest BCUT2D eigenvalue weighted by Crippen LogP contribution is 2.15. The maximum absolute atomic E-state index is 11.8. The molecule has 0 bridgehead atoms. The minimum absolute atomic E-state index is 0.217. The summed E-state index contributed by atoms with van der Waals surface area (Å²) < 4.78 is 0. The zero-order valence-electron chi connectivity index (χ0n) is 13.3. The predicted molar refractivity (Wildman–Crippen MR) is 88.2 cm³/mol. The third-order valence-electron chi connectivity index (χ3n) is 3.70. The molecule has 120 valence electrons. The van der Waals surface area contributed by atoms with Gasteiger partial charge < -0.3 is 20.4 Å². The van der Waals surface area contributed by atoms with Crippen LogP contribution in [0.25, 0.3) is 0 Å². The maximum Gasteiger partial charge on any atom is 0.319 e. The van der Waals surface area contributed by atoms with Crippen LogP contribution < -0.4 is 15.5 Å². The number of rotatable bonds is 6. The average molecular weight is 304 g/mol. The van der Waals surface area contributed by atoms with Gasteiger partial charge in [0.15, 0.2) is 0 Å². The Morgan fingerprint density at radius 3 is 2.59 bits per heavy atom. The fourth-order valence-corrected chi connectivity index (χ4v) is 2.43. The molecule has 1 heterocycles. The number of carbonyl (C=O) groups excluding carboxylic acids is 2. The Morgan fingerprint density at radius 1 is 1.27 bits per heavy atom. The average Bonchev–Trinajstić information content (AvgIpc) is 2.89. The van der Waals surface area contributed by atoms with Crippen molar-refractivity contribution in [3.05, 3.63) is 24.3 Å². The van der Waals surface area contributed by atoms with Crippen molar-refractivity contribution in [2.45, 2.75) is 19.3 Å². The van der Waals surface area contributed by atoms with Crippen molar-refractivity contribution in [1.29, 1.82) is 0 Å². The fourth-order valence-electron chi connectivity index (χ4n) is 2.43. The van der Waals surface area contributed by atoms with Crippen molar-refractivity contribution in [3.63, 3.8) is 0 Å². The Morgan fingerprint density at radius 2 is 2.00 bits per heavy atom. The van der Waals surface area contributed by atoms with Crippen LogP contribution in [0.1, 0.15) is 19.3 Å². The number of nitrogens with one attached hydrogen (secondary N) is 2. The highest BCUT2D eigenvalue weighted by molar-refractivity contribution is 5.89. The topological polar surface area (TPSA) is 64.7 Å². The number of hydrogen-bond donors (Lipinski definition) is 2. The first kappa shape index (κ1) is 16.1. The number of carbonyl (C=O) groups is 2. The van der Waals surface area contributed by atoms with Crippen LogP contribution in [0.4, 0.5) is 16.2 Å². The van der Waals surface area contributed by atoms with Crippen LogP contribution in [0.2, 0.25) is 0 Å². The van der Waals surface area contributed by atoms with Gasteiger partial charge in [0.2, 0.25) is 5.91 Å². The van der Waals surface area contributed by atoms with Crippen molar-refractivity contribution in [2.24, 2.45) is 0 Å². The van der Waals surface area contributed by atoms with Gasteiger partial charge in [-0.2, -0.15) is 0 Å². The predicted octanol–water partition coefficient (Wildman–Crippen LogP) is 1.89. The summed E-state index contributed by atoms with van der Waals surface area (Å²) in [5.41, 5.74) is 1.85. The Kier molecular flexibility index (Phi) is 5.63. The lowest BCUT2D eigenvalue weighted by atomic mass is 10.2. The number of amides is 3. The van der Waals surface area contributed by atoms with Crippen LogP contribution in [0.5, 0.6) is 0 Å². The first-order valence-corrected chi connectivity index (χ1v) is 7.66. The molecule has 0 spiro atoms. The van der Waals surface area contributed by atoms with E-state index in [2.05, 4.69) is 10.6 Å². The van der Waals surface area contributed by atoms with Crippen LogP contribution in [-0.4, -0.2) is 50.6 Å². The maximum atomic E-state index is 11.8. The molecular formula is C16H24N4O2. The molecule has 6 nitrogen and oxygen atoms in total. The van der Waals surface area contributed by atoms with E-state index < -0.39 is 0 Å². The molecule has 0 atom stereocenters. The van der Waals surface area contributed by atoms with Crippen LogP contribution in [0.15, 0.2) is 24.3 Å². The third-order valence-corrected chi connectivity index (χ3v) is 3.70. The number of hydrogen-bond acceptors (Lipinski definition) is 3. The molecule has 0 radical (unpaired) electrons. The van der Waals surface area contributed by atoms with E-state index in [1.54, 1.807) is 0 Å². The molecular weight excluding hydrogens is 280 g/mol. The molecule has 3 amide bonds. The third kappa shape index (κ3) is 4.65. The molecule has 2 N–H and O–H groups in total. The monoisotopic (exact) mass is 304 g/mol. The molecule has 6 heteroatoms. The summed E-state index contributed by atoms with van der Waals surface area (Å²) in [5, 5.41) is 5.61. The van der Waals surface area contributed by atoms with Crippen LogP contribution in [-0.2, 0) is 4.79 Å². The summed E-state index contributed by atoms with van der Waals surface area (Å²) in [6.07, 6.45) is 2.39. The zero-order chi connectivity index (χ0) is 15.9. The number of likely N-dealkylation sites (tertiary alicyclic amines) is 1. The second-order valence-corrected chi connectivity index (χ2v) is 5.66. The first-order chi connectivity index (χ1) is 10.6. The molecule has 2 rings (SSSR count). The Bertz CT molecular complexity index is 513. The second kappa shape index (κ2) is 7.68. The van der Waals surface area contributed by atoms with Gasteiger partial charge in [-0.25, -0.2) is 4.79 Å². The molecule has 1 fully saturated rings. The molecule has 1 aliphatic heterocycles. The van der Waals surface area contributed by atoms with Crippen molar-refractivity contribution >= 4 is 23.3 Å².